The molecule has 1 N–H and O–H groups in total. The van der Waals surface area contributed by atoms with Crippen LogP contribution < -0.4 is 0 Å². The molecular weight excluding hydrogens is 230 g/mol. The second-order valence-electron chi connectivity index (χ2n) is 4.45. The number of thiazole rings is 1. The van der Waals surface area contributed by atoms with E-state index in [9.17, 15) is 5.11 Å². The maximum Gasteiger partial charge on any atom is 0.124 e. The van der Waals surface area contributed by atoms with Crippen LogP contribution in [0.15, 0.2) is 12.1 Å². The monoisotopic (exact) mass is 247 g/mol. The lowest BCUT2D eigenvalue weighted by Crippen LogP contribution is -1.90. The Balaban J connectivity index is 2.60. The van der Waals surface area contributed by atoms with Crippen LogP contribution in [0.2, 0.25) is 0 Å². The maximum absolute atomic E-state index is 9.21. The molecule has 1 heterocycles. The number of aliphatic hydroxyl groups is 1. The third kappa shape index (κ3) is 2.26. The molecule has 2 rings (SSSR count). The van der Waals surface area contributed by atoms with E-state index in [1.807, 2.05) is 6.92 Å². The zero-order chi connectivity index (χ0) is 12.6. The normalized spacial score (nSPS) is 10.9. The van der Waals surface area contributed by atoms with Gasteiger partial charge in [0.25, 0.3) is 0 Å². The summed E-state index contributed by atoms with van der Waals surface area (Å²) in [6.07, 6.45) is 0. The predicted molar refractivity (Wildman–Crippen MR) is 72.4 cm³/mol. The third-order valence-corrected chi connectivity index (χ3v) is 3.96. The maximum atomic E-state index is 9.21. The van der Waals surface area contributed by atoms with Gasteiger partial charge in [-0.25, -0.2) is 4.98 Å². The number of aryl methyl sites for hydroxylation is 4. The van der Waals surface area contributed by atoms with E-state index < -0.39 is 0 Å². The molecule has 0 amide bonds. The van der Waals surface area contributed by atoms with Crippen molar-refractivity contribution in [3.8, 4) is 10.6 Å². The summed E-state index contributed by atoms with van der Waals surface area (Å²) in [6.45, 7) is 8.36. The summed E-state index contributed by atoms with van der Waals surface area (Å²) < 4.78 is 0. The average Bonchev–Trinajstić information content (AvgIpc) is 2.57. The second-order valence-corrected chi connectivity index (χ2v) is 5.66. The van der Waals surface area contributed by atoms with Crippen molar-refractivity contribution < 1.29 is 5.11 Å². The van der Waals surface area contributed by atoms with Crippen LogP contribution in [0.1, 0.15) is 27.3 Å². The molecule has 0 saturated heterocycles. The van der Waals surface area contributed by atoms with Crippen molar-refractivity contribution in [3.63, 3.8) is 0 Å². The van der Waals surface area contributed by atoms with Gasteiger partial charge in [0.15, 0.2) is 0 Å². The fourth-order valence-electron chi connectivity index (χ4n) is 2.20. The highest BCUT2D eigenvalue weighted by atomic mass is 32.1. The van der Waals surface area contributed by atoms with Crippen molar-refractivity contribution in [3.05, 3.63) is 39.4 Å². The molecule has 3 heteroatoms. The third-order valence-electron chi connectivity index (χ3n) is 2.93. The number of aromatic nitrogens is 1. The number of aliphatic hydroxyl groups excluding tert-OH is 1. The molecule has 1 aromatic carbocycles. The zero-order valence-electron chi connectivity index (χ0n) is 10.7. The van der Waals surface area contributed by atoms with Crippen molar-refractivity contribution in [1.29, 1.82) is 0 Å². The van der Waals surface area contributed by atoms with Gasteiger partial charge in [-0.05, 0) is 38.8 Å². The van der Waals surface area contributed by atoms with E-state index in [-0.39, 0.29) is 6.61 Å². The van der Waals surface area contributed by atoms with Gasteiger partial charge in [0.05, 0.1) is 12.3 Å². The quantitative estimate of drug-likeness (QED) is 0.880. The van der Waals surface area contributed by atoms with Gasteiger partial charge < -0.3 is 5.11 Å². The smallest absolute Gasteiger partial charge is 0.124 e. The van der Waals surface area contributed by atoms with Crippen LogP contribution in [0, 0.1) is 27.7 Å². The fraction of sp³-hybridized carbons (Fsp3) is 0.357. The SMILES string of the molecule is Cc1cc(C)c(-c2nc(CO)c(C)s2)c(C)c1. The van der Waals surface area contributed by atoms with E-state index in [1.54, 1.807) is 11.3 Å². The Bertz CT molecular complexity index is 534. The van der Waals surface area contributed by atoms with Gasteiger partial charge in [0, 0.05) is 10.4 Å². The summed E-state index contributed by atoms with van der Waals surface area (Å²) in [5.41, 5.74) is 5.79. The molecule has 2 aromatic rings. The molecule has 0 fully saturated rings. The molecule has 0 atom stereocenters. The first-order valence-electron chi connectivity index (χ1n) is 5.68. The molecule has 0 unspecified atom stereocenters. The van der Waals surface area contributed by atoms with Gasteiger partial charge in [0.1, 0.15) is 5.01 Å². The Hall–Kier alpha value is -1.19. The summed E-state index contributed by atoms with van der Waals surface area (Å²) in [5.74, 6) is 0. The Morgan fingerprint density at radius 1 is 1.12 bits per heavy atom. The van der Waals surface area contributed by atoms with Crippen molar-refractivity contribution in [2.45, 2.75) is 34.3 Å². The summed E-state index contributed by atoms with van der Waals surface area (Å²) in [5, 5.41) is 10.2. The van der Waals surface area contributed by atoms with Crippen molar-refractivity contribution in [1.82, 2.24) is 4.98 Å². The Morgan fingerprint density at radius 2 is 1.71 bits per heavy atom. The largest absolute Gasteiger partial charge is 0.390 e. The van der Waals surface area contributed by atoms with Crippen molar-refractivity contribution >= 4 is 11.3 Å². The summed E-state index contributed by atoms with van der Waals surface area (Å²) in [4.78, 5) is 5.62. The molecule has 90 valence electrons. The lowest BCUT2D eigenvalue weighted by atomic mass is 10.0. The highest BCUT2D eigenvalue weighted by Crippen LogP contribution is 2.33. The number of benzene rings is 1. The zero-order valence-corrected chi connectivity index (χ0v) is 11.5. The van der Waals surface area contributed by atoms with Gasteiger partial charge in [-0.2, -0.15) is 0 Å². The summed E-state index contributed by atoms with van der Waals surface area (Å²) in [7, 11) is 0. The van der Waals surface area contributed by atoms with Crippen molar-refractivity contribution in [2.24, 2.45) is 0 Å². The van der Waals surface area contributed by atoms with Gasteiger partial charge in [-0.1, -0.05) is 17.7 Å². The second kappa shape index (κ2) is 4.59. The molecule has 0 aliphatic heterocycles. The first-order chi connectivity index (χ1) is 8.02. The van der Waals surface area contributed by atoms with Gasteiger partial charge in [0.2, 0.25) is 0 Å². The standard InChI is InChI=1S/C14H17NOS/c1-8-5-9(2)13(10(3)6-8)14-15-12(7-16)11(4)17-14/h5-6,16H,7H2,1-4H3. The number of nitrogens with zero attached hydrogens (tertiary/aromatic N) is 1. The van der Waals surface area contributed by atoms with Crippen LogP contribution in [0.25, 0.3) is 10.6 Å². The average molecular weight is 247 g/mol. The molecule has 0 aliphatic carbocycles. The molecule has 0 spiro atoms. The van der Waals surface area contributed by atoms with E-state index >= 15 is 0 Å². The number of rotatable bonds is 2. The molecular formula is C14H17NOS. The predicted octanol–water partition coefficient (Wildman–Crippen LogP) is 3.54. The molecule has 0 saturated carbocycles. The number of hydrogen-bond acceptors (Lipinski definition) is 3. The highest BCUT2D eigenvalue weighted by Gasteiger charge is 2.13. The van der Waals surface area contributed by atoms with Crippen LogP contribution in [0.3, 0.4) is 0 Å². The van der Waals surface area contributed by atoms with Crippen LogP contribution in [-0.4, -0.2) is 10.1 Å². The minimum atomic E-state index is 0.0201. The van der Waals surface area contributed by atoms with E-state index in [0.717, 1.165) is 15.6 Å². The van der Waals surface area contributed by atoms with Crippen LogP contribution in [-0.2, 0) is 6.61 Å². The Morgan fingerprint density at radius 3 is 2.18 bits per heavy atom. The Kier molecular flexibility index (Phi) is 3.31. The molecule has 0 radical (unpaired) electrons. The fourth-order valence-corrected chi connectivity index (χ4v) is 3.30. The summed E-state index contributed by atoms with van der Waals surface area (Å²) in [6, 6.07) is 4.36. The highest BCUT2D eigenvalue weighted by molar-refractivity contribution is 7.15. The summed E-state index contributed by atoms with van der Waals surface area (Å²) >= 11 is 1.66. The van der Waals surface area contributed by atoms with E-state index in [4.69, 9.17) is 0 Å². The Labute approximate surface area is 106 Å². The first-order valence-corrected chi connectivity index (χ1v) is 6.50. The molecule has 1 aromatic heterocycles. The van der Waals surface area contributed by atoms with Crippen LogP contribution in [0.4, 0.5) is 0 Å². The van der Waals surface area contributed by atoms with Crippen molar-refractivity contribution in [2.75, 3.05) is 0 Å². The van der Waals surface area contributed by atoms with Gasteiger partial charge >= 0.3 is 0 Å². The van der Waals surface area contributed by atoms with Gasteiger partial charge in [-0.3, -0.25) is 0 Å². The minimum Gasteiger partial charge on any atom is -0.390 e. The topological polar surface area (TPSA) is 33.1 Å². The van der Waals surface area contributed by atoms with E-state index in [2.05, 4.69) is 37.9 Å². The minimum absolute atomic E-state index is 0.0201. The lowest BCUT2D eigenvalue weighted by Gasteiger charge is -2.08. The van der Waals surface area contributed by atoms with E-state index in [1.165, 1.54) is 22.3 Å². The first kappa shape index (κ1) is 12.3. The molecule has 2 nitrogen and oxygen atoms in total. The molecule has 17 heavy (non-hydrogen) atoms. The van der Waals surface area contributed by atoms with Gasteiger partial charge in [-0.15, -0.1) is 11.3 Å². The van der Waals surface area contributed by atoms with Crippen LogP contribution >= 0.6 is 11.3 Å². The molecule has 0 aliphatic rings. The van der Waals surface area contributed by atoms with E-state index in [0.29, 0.717) is 0 Å². The molecule has 0 bridgehead atoms. The number of hydrogen-bond donors (Lipinski definition) is 1. The van der Waals surface area contributed by atoms with Crippen LogP contribution in [0.5, 0.6) is 0 Å². The lowest BCUT2D eigenvalue weighted by molar-refractivity contribution is 0.277.